The predicted octanol–water partition coefficient (Wildman–Crippen LogP) is 1.06. The molecule has 1 aromatic carbocycles. The van der Waals surface area contributed by atoms with E-state index in [1.54, 1.807) is 7.11 Å². The van der Waals surface area contributed by atoms with Gasteiger partial charge in [0.05, 0.1) is 0 Å². The molecule has 5 heteroatoms. The molecule has 126 valence electrons. The first-order chi connectivity index (χ1) is 11.3. The van der Waals surface area contributed by atoms with Gasteiger partial charge in [-0.3, -0.25) is 4.79 Å². The second kappa shape index (κ2) is 7.90. The second-order valence-electron chi connectivity index (χ2n) is 6.39. The molecule has 0 spiro atoms. The Kier molecular flexibility index (Phi) is 5.65. The highest BCUT2D eigenvalue weighted by Gasteiger charge is 2.22. The molecule has 5 nitrogen and oxygen atoms in total. The first-order valence-electron chi connectivity index (χ1n) is 8.62. The number of carbonyl (C=O) groups excluding carboxylic acids is 1. The third-order valence-electron chi connectivity index (χ3n) is 4.76. The summed E-state index contributed by atoms with van der Waals surface area (Å²) in [5.41, 5.74) is 3.76. The zero-order valence-electron chi connectivity index (χ0n) is 14.0. The number of benzene rings is 1. The van der Waals surface area contributed by atoms with Gasteiger partial charge in [-0.1, -0.05) is 12.1 Å². The Balaban J connectivity index is 1.65. The van der Waals surface area contributed by atoms with Gasteiger partial charge in [-0.05, 0) is 36.5 Å². The lowest BCUT2D eigenvalue weighted by molar-refractivity contribution is -0.122. The van der Waals surface area contributed by atoms with Crippen LogP contribution in [-0.4, -0.2) is 63.8 Å². The van der Waals surface area contributed by atoms with E-state index in [0.717, 1.165) is 64.2 Å². The number of carbonyl (C=O) groups is 1. The summed E-state index contributed by atoms with van der Waals surface area (Å²) < 4.78 is 5.00. The predicted molar refractivity (Wildman–Crippen MR) is 92.0 cm³/mol. The Hall–Kier alpha value is -1.43. The van der Waals surface area contributed by atoms with Crippen LogP contribution in [0.4, 0.5) is 5.69 Å². The Morgan fingerprint density at radius 2 is 2.09 bits per heavy atom. The average molecular weight is 317 g/mol. The van der Waals surface area contributed by atoms with Crippen molar-refractivity contribution in [2.75, 3.05) is 57.9 Å². The summed E-state index contributed by atoms with van der Waals surface area (Å²) in [5.74, 6) is 0.0574. The summed E-state index contributed by atoms with van der Waals surface area (Å²) in [5, 5.41) is 3.39. The fourth-order valence-electron chi connectivity index (χ4n) is 3.49. The van der Waals surface area contributed by atoms with E-state index in [1.165, 1.54) is 11.1 Å². The van der Waals surface area contributed by atoms with Gasteiger partial charge in [-0.15, -0.1) is 0 Å². The summed E-state index contributed by atoms with van der Waals surface area (Å²) in [6.45, 7) is 6.56. The number of fused-ring (bicyclic) bond motifs is 1. The molecule has 2 aliphatic heterocycles. The van der Waals surface area contributed by atoms with Crippen molar-refractivity contribution in [1.82, 2.24) is 10.2 Å². The molecule has 2 aliphatic rings. The van der Waals surface area contributed by atoms with Crippen LogP contribution in [0.5, 0.6) is 0 Å². The number of piperazine rings is 1. The Morgan fingerprint density at radius 3 is 2.87 bits per heavy atom. The number of ether oxygens (including phenoxy) is 1. The number of hydrogen-bond donors (Lipinski definition) is 1. The molecule has 0 unspecified atom stereocenters. The first-order valence-corrected chi connectivity index (χ1v) is 8.62. The van der Waals surface area contributed by atoms with E-state index in [2.05, 4.69) is 28.4 Å². The molecule has 0 atom stereocenters. The molecule has 0 bridgehead atoms. The highest BCUT2D eigenvalue weighted by Crippen LogP contribution is 2.28. The van der Waals surface area contributed by atoms with E-state index in [4.69, 9.17) is 4.74 Å². The minimum atomic E-state index is 0.0574. The van der Waals surface area contributed by atoms with Gasteiger partial charge in [-0.25, -0.2) is 0 Å². The normalized spacial score (nSPS) is 18.7. The van der Waals surface area contributed by atoms with Gasteiger partial charge < -0.3 is 19.9 Å². The number of nitrogens with zero attached hydrogens (tertiary/aromatic N) is 2. The van der Waals surface area contributed by atoms with E-state index in [0.29, 0.717) is 0 Å². The average Bonchev–Trinajstić information content (AvgIpc) is 2.60. The zero-order chi connectivity index (χ0) is 16.1. The SMILES string of the molecule is COCC(=O)N1CCCc2cc(CCN3CCNCC3)ccc21. The lowest BCUT2D eigenvalue weighted by atomic mass is 9.98. The summed E-state index contributed by atoms with van der Waals surface area (Å²) in [7, 11) is 1.57. The van der Waals surface area contributed by atoms with E-state index in [9.17, 15) is 4.79 Å². The molecule has 0 aliphatic carbocycles. The quantitative estimate of drug-likeness (QED) is 0.882. The lowest BCUT2D eigenvalue weighted by Crippen LogP contribution is -2.44. The molecule has 1 aromatic rings. The van der Waals surface area contributed by atoms with Gasteiger partial charge in [0, 0.05) is 52.1 Å². The molecule has 0 aromatic heterocycles. The van der Waals surface area contributed by atoms with Gasteiger partial charge >= 0.3 is 0 Å². The summed E-state index contributed by atoms with van der Waals surface area (Å²) >= 11 is 0. The molecular weight excluding hydrogens is 290 g/mol. The van der Waals surface area contributed by atoms with Crippen molar-refractivity contribution < 1.29 is 9.53 Å². The number of hydrogen-bond acceptors (Lipinski definition) is 4. The van der Waals surface area contributed by atoms with Crippen molar-refractivity contribution >= 4 is 11.6 Å². The van der Waals surface area contributed by atoms with Crippen molar-refractivity contribution in [2.45, 2.75) is 19.3 Å². The van der Waals surface area contributed by atoms with Crippen molar-refractivity contribution in [3.8, 4) is 0 Å². The van der Waals surface area contributed by atoms with Crippen LogP contribution >= 0.6 is 0 Å². The number of amides is 1. The number of methoxy groups -OCH3 is 1. The van der Waals surface area contributed by atoms with Crippen molar-refractivity contribution in [3.63, 3.8) is 0 Å². The molecule has 2 heterocycles. The van der Waals surface area contributed by atoms with Crippen LogP contribution in [0.2, 0.25) is 0 Å². The lowest BCUT2D eigenvalue weighted by Gasteiger charge is -2.30. The standard InChI is InChI=1S/C18H27N3O2/c1-23-14-18(22)21-9-2-3-16-13-15(4-5-17(16)21)6-10-20-11-7-19-8-12-20/h4-5,13,19H,2-3,6-12,14H2,1H3. The third-order valence-corrected chi connectivity index (χ3v) is 4.76. The van der Waals surface area contributed by atoms with Gasteiger partial charge in [0.2, 0.25) is 0 Å². The Morgan fingerprint density at radius 1 is 1.26 bits per heavy atom. The number of nitrogens with one attached hydrogen (secondary N) is 1. The van der Waals surface area contributed by atoms with Gasteiger partial charge in [-0.2, -0.15) is 0 Å². The summed E-state index contributed by atoms with van der Waals surface area (Å²) in [4.78, 5) is 16.6. The molecule has 0 saturated carbocycles. The fraction of sp³-hybridized carbons (Fsp3) is 0.611. The maximum Gasteiger partial charge on any atom is 0.252 e. The van der Waals surface area contributed by atoms with Crippen LogP contribution < -0.4 is 10.2 Å². The van der Waals surface area contributed by atoms with Crippen LogP contribution in [0, 0.1) is 0 Å². The van der Waals surface area contributed by atoms with Gasteiger partial charge in [0.1, 0.15) is 6.61 Å². The maximum atomic E-state index is 12.2. The zero-order valence-corrected chi connectivity index (χ0v) is 14.0. The Labute approximate surface area is 138 Å². The topological polar surface area (TPSA) is 44.8 Å². The van der Waals surface area contributed by atoms with Crippen LogP contribution in [0.15, 0.2) is 18.2 Å². The minimum absolute atomic E-state index is 0.0574. The first kappa shape index (κ1) is 16.4. The maximum absolute atomic E-state index is 12.2. The van der Waals surface area contributed by atoms with Crippen LogP contribution in [-0.2, 0) is 22.4 Å². The van der Waals surface area contributed by atoms with Crippen LogP contribution in [0.3, 0.4) is 0 Å². The molecule has 1 amide bonds. The smallest absolute Gasteiger partial charge is 0.252 e. The molecule has 1 fully saturated rings. The molecule has 1 N–H and O–H groups in total. The molecule has 3 rings (SSSR count). The fourth-order valence-corrected chi connectivity index (χ4v) is 3.49. The largest absolute Gasteiger partial charge is 0.375 e. The Bertz CT molecular complexity index is 541. The monoisotopic (exact) mass is 317 g/mol. The van der Waals surface area contributed by atoms with Crippen LogP contribution in [0.25, 0.3) is 0 Å². The van der Waals surface area contributed by atoms with Crippen LogP contribution in [0.1, 0.15) is 17.5 Å². The third kappa shape index (κ3) is 4.10. The molecule has 0 radical (unpaired) electrons. The summed E-state index contributed by atoms with van der Waals surface area (Å²) in [6, 6.07) is 6.60. The van der Waals surface area contributed by atoms with E-state index in [-0.39, 0.29) is 12.5 Å². The highest BCUT2D eigenvalue weighted by atomic mass is 16.5. The number of anilines is 1. The molecule has 23 heavy (non-hydrogen) atoms. The number of rotatable bonds is 5. The van der Waals surface area contributed by atoms with E-state index in [1.807, 2.05) is 4.90 Å². The molecular formula is C18H27N3O2. The van der Waals surface area contributed by atoms with E-state index >= 15 is 0 Å². The van der Waals surface area contributed by atoms with E-state index < -0.39 is 0 Å². The van der Waals surface area contributed by atoms with Crippen molar-refractivity contribution in [1.29, 1.82) is 0 Å². The van der Waals surface area contributed by atoms with Crippen molar-refractivity contribution in [3.05, 3.63) is 29.3 Å². The van der Waals surface area contributed by atoms with Gasteiger partial charge in [0.25, 0.3) is 5.91 Å². The van der Waals surface area contributed by atoms with Gasteiger partial charge in [0.15, 0.2) is 0 Å². The second-order valence-corrected chi connectivity index (χ2v) is 6.39. The number of aryl methyl sites for hydroxylation is 1. The van der Waals surface area contributed by atoms with Crippen molar-refractivity contribution in [2.24, 2.45) is 0 Å². The summed E-state index contributed by atoms with van der Waals surface area (Å²) in [6.07, 6.45) is 3.18. The highest BCUT2D eigenvalue weighted by molar-refractivity contribution is 5.95. The molecule has 1 saturated heterocycles. The minimum Gasteiger partial charge on any atom is -0.375 e.